The maximum atomic E-state index is 13.0. The van der Waals surface area contributed by atoms with Crippen LogP contribution in [-0.4, -0.2) is 12.1 Å². The minimum Gasteiger partial charge on any atom is -0.397 e. The van der Waals surface area contributed by atoms with Crippen LogP contribution in [0.1, 0.15) is 25.7 Å². The third-order valence-corrected chi connectivity index (χ3v) is 3.79. The first kappa shape index (κ1) is 15.6. The van der Waals surface area contributed by atoms with Crippen molar-refractivity contribution in [3.05, 3.63) is 24.0 Å². The highest BCUT2D eigenvalue weighted by Gasteiger charge is 2.48. The number of rotatable bonds is 2. The maximum Gasteiger partial charge on any atom is 0.392 e. The summed E-state index contributed by atoms with van der Waals surface area (Å²) in [6.07, 6.45) is -3.19. The molecule has 1 amide bonds. The molecule has 1 aliphatic carbocycles. The van der Waals surface area contributed by atoms with Gasteiger partial charge in [-0.2, -0.15) is 13.2 Å². The van der Waals surface area contributed by atoms with E-state index >= 15 is 0 Å². The van der Waals surface area contributed by atoms with Crippen LogP contribution in [0.15, 0.2) is 18.2 Å². The van der Waals surface area contributed by atoms with Gasteiger partial charge in [-0.25, -0.2) is 4.39 Å². The van der Waals surface area contributed by atoms with Gasteiger partial charge in [-0.1, -0.05) is 12.8 Å². The van der Waals surface area contributed by atoms with E-state index in [1.54, 1.807) is 0 Å². The van der Waals surface area contributed by atoms with E-state index in [-0.39, 0.29) is 24.2 Å². The summed E-state index contributed by atoms with van der Waals surface area (Å²) in [7, 11) is 0. The van der Waals surface area contributed by atoms with Crippen molar-refractivity contribution in [2.75, 3.05) is 11.1 Å². The third-order valence-electron chi connectivity index (χ3n) is 3.79. The molecule has 3 N–H and O–H groups in total. The molecule has 1 aromatic rings. The van der Waals surface area contributed by atoms with Gasteiger partial charge in [0, 0.05) is 5.92 Å². The molecule has 7 heteroatoms. The second kappa shape index (κ2) is 5.91. The zero-order chi connectivity index (χ0) is 15.6. The molecule has 0 aliphatic heterocycles. The Morgan fingerprint density at radius 2 is 1.90 bits per heavy atom. The number of carbonyl (C=O) groups excluding carboxylic acids is 1. The summed E-state index contributed by atoms with van der Waals surface area (Å²) in [4.78, 5) is 12.1. The largest absolute Gasteiger partial charge is 0.397 e. The number of hydrogen-bond donors (Lipinski definition) is 2. The fraction of sp³-hybridized carbons (Fsp3) is 0.500. The van der Waals surface area contributed by atoms with E-state index in [1.807, 2.05) is 0 Å². The lowest BCUT2D eigenvalue weighted by Crippen LogP contribution is -2.39. The van der Waals surface area contributed by atoms with Gasteiger partial charge in [-0.05, 0) is 31.0 Å². The number of amides is 1. The number of nitrogen functional groups attached to an aromatic ring is 1. The summed E-state index contributed by atoms with van der Waals surface area (Å²) in [5.74, 6) is -4.04. The number of benzene rings is 1. The smallest absolute Gasteiger partial charge is 0.392 e. The van der Waals surface area contributed by atoms with E-state index in [2.05, 4.69) is 5.32 Å². The first-order valence-corrected chi connectivity index (χ1v) is 6.71. The fourth-order valence-corrected chi connectivity index (χ4v) is 2.71. The van der Waals surface area contributed by atoms with Crippen LogP contribution >= 0.6 is 0 Å². The molecule has 21 heavy (non-hydrogen) atoms. The number of nitrogens with one attached hydrogen (secondary N) is 1. The summed E-state index contributed by atoms with van der Waals surface area (Å²) in [5, 5.41) is 2.38. The maximum absolute atomic E-state index is 13.0. The highest BCUT2D eigenvalue weighted by molar-refractivity contribution is 5.95. The van der Waals surface area contributed by atoms with Gasteiger partial charge >= 0.3 is 6.18 Å². The van der Waals surface area contributed by atoms with Crippen LogP contribution in [0.5, 0.6) is 0 Å². The van der Waals surface area contributed by atoms with E-state index in [0.29, 0.717) is 12.8 Å². The molecule has 0 bridgehead atoms. The minimum absolute atomic E-state index is 0.0114. The number of alkyl halides is 3. The number of anilines is 2. The van der Waals surface area contributed by atoms with Gasteiger partial charge in [-0.3, -0.25) is 4.79 Å². The van der Waals surface area contributed by atoms with Gasteiger partial charge < -0.3 is 11.1 Å². The third kappa shape index (κ3) is 3.65. The zero-order valence-electron chi connectivity index (χ0n) is 11.2. The van der Waals surface area contributed by atoms with E-state index in [0.717, 1.165) is 12.1 Å². The van der Waals surface area contributed by atoms with Crippen LogP contribution in [-0.2, 0) is 4.79 Å². The Labute approximate surface area is 119 Å². The molecule has 3 nitrogen and oxygen atoms in total. The molecule has 1 aliphatic rings. The van der Waals surface area contributed by atoms with Crippen molar-refractivity contribution in [2.45, 2.75) is 31.9 Å². The average molecular weight is 304 g/mol. The monoisotopic (exact) mass is 304 g/mol. The molecule has 0 saturated heterocycles. The lowest BCUT2D eigenvalue weighted by molar-refractivity contribution is -0.197. The summed E-state index contributed by atoms with van der Waals surface area (Å²) < 4.78 is 51.8. The number of nitrogens with two attached hydrogens (primary N) is 1. The van der Waals surface area contributed by atoms with Gasteiger partial charge in [0.15, 0.2) is 0 Å². The Morgan fingerprint density at radius 3 is 2.52 bits per heavy atom. The Hall–Kier alpha value is -1.79. The zero-order valence-corrected chi connectivity index (χ0v) is 11.2. The Balaban J connectivity index is 2.14. The second-order valence-corrected chi connectivity index (χ2v) is 5.26. The summed E-state index contributed by atoms with van der Waals surface area (Å²) >= 11 is 0. The summed E-state index contributed by atoms with van der Waals surface area (Å²) in [5.41, 5.74) is 5.66. The van der Waals surface area contributed by atoms with Crippen molar-refractivity contribution < 1.29 is 22.4 Å². The Bertz CT molecular complexity index is 530. The quantitative estimate of drug-likeness (QED) is 0.646. The predicted molar refractivity (Wildman–Crippen MR) is 70.9 cm³/mol. The van der Waals surface area contributed by atoms with Gasteiger partial charge in [0.05, 0.1) is 17.3 Å². The molecule has 2 atom stereocenters. The van der Waals surface area contributed by atoms with E-state index in [9.17, 15) is 22.4 Å². The van der Waals surface area contributed by atoms with Crippen LogP contribution in [0.3, 0.4) is 0 Å². The van der Waals surface area contributed by atoms with Crippen molar-refractivity contribution in [1.29, 1.82) is 0 Å². The van der Waals surface area contributed by atoms with Gasteiger partial charge in [0.2, 0.25) is 5.91 Å². The predicted octanol–water partition coefficient (Wildman–Crippen LogP) is 3.72. The Kier molecular flexibility index (Phi) is 4.39. The van der Waals surface area contributed by atoms with Crippen molar-refractivity contribution in [3.8, 4) is 0 Å². The molecule has 0 radical (unpaired) electrons. The van der Waals surface area contributed by atoms with Crippen LogP contribution < -0.4 is 11.1 Å². The van der Waals surface area contributed by atoms with Crippen molar-refractivity contribution in [1.82, 2.24) is 0 Å². The van der Waals surface area contributed by atoms with E-state index in [1.165, 1.54) is 6.07 Å². The molecule has 0 aromatic heterocycles. The second-order valence-electron chi connectivity index (χ2n) is 5.26. The number of carbonyl (C=O) groups is 1. The molecule has 1 fully saturated rings. The summed E-state index contributed by atoms with van der Waals surface area (Å²) in [6.45, 7) is 0. The number of hydrogen-bond acceptors (Lipinski definition) is 2. The number of halogens is 4. The lowest BCUT2D eigenvalue weighted by atomic mass is 9.78. The van der Waals surface area contributed by atoms with Crippen LogP contribution in [0, 0.1) is 17.7 Å². The van der Waals surface area contributed by atoms with Crippen LogP contribution in [0.25, 0.3) is 0 Å². The molecular weight excluding hydrogens is 288 g/mol. The first-order valence-electron chi connectivity index (χ1n) is 6.71. The molecule has 1 aromatic carbocycles. The Morgan fingerprint density at radius 1 is 1.24 bits per heavy atom. The highest BCUT2D eigenvalue weighted by Crippen LogP contribution is 2.42. The molecule has 0 spiro atoms. The fourth-order valence-electron chi connectivity index (χ4n) is 2.71. The molecule has 2 rings (SSSR count). The van der Waals surface area contributed by atoms with Crippen molar-refractivity contribution in [3.63, 3.8) is 0 Å². The van der Waals surface area contributed by atoms with Crippen LogP contribution in [0.2, 0.25) is 0 Å². The standard InChI is InChI=1S/C14H16F4N2O/c15-8-5-6-12(11(19)7-8)20-13(21)9-3-1-2-4-10(9)14(16,17)18/h5-7,9-10H,1-4,19H2,(H,20,21). The lowest BCUT2D eigenvalue weighted by Gasteiger charge is -2.32. The van der Waals surface area contributed by atoms with Gasteiger partial charge in [-0.15, -0.1) is 0 Å². The van der Waals surface area contributed by atoms with Crippen molar-refractivity contribution >= 4 is 17.3 Å². The molecule has 2 unspecified atom stereocenters. The summed E-state index contributed by atoms with van der Waals surface area (Å²) in [6, 6.07) is 3.35. The van der Waals surface area contributed by atoms with Crippen LogP contribution in [0.4, 0.5) is 28.9 Å². The van der Waals surface area contributed by atoms with Crippen molar-refractivity contribution in [2.24, 2.45) is 11.8 Å². The normalized spacial score (nSPS) is 22.9. The topological polar surface area (TPSA) is 55.1 Å². The SMILES string of the molecule is Nc1cc(F)ccc1NC(=O)C1CCCCC1C(F)(F)F. The molecule has 0 heterocycles. The first-order chi connectivity index (χ1) is 9.79. The molecule has 1 saturated carbocycles. The molecule has 116 valence electrons. The average Bonchev–Trinajstić information content (AvgIpc) is 2.41. The van der Waals surface area contributed by atoms with Gasteiger partial charge in [0.1, 0.15) is 5.82 Å². The minimum atomic E-state index is -4.39. The van der Waals surface area contributed by atoms with Gasteiger partial charge in [0.25, 0.3) is 0 Å². The highest BCUT2D eigenvalue weighted by atomic mass is 19.4. The van der Waals surface area contributed by atoms with E-state index < -0.39 is 29.7 Å². The molecular formula is C14H16F4N2O. The van der Waals surface area contributed by atoms with E-state index in [4.69, 9.17) is 5.73 Å².